The van der Waals surface area contributed by atoms with E-state index in [2.05, 4.69) is 10.0 Å². The smallest absolute Gasteiger partial charge is 0.240 e. The number of nitrogens with one attached hydrogen (secondary N) is 2. The molecule has 0 fully saturated rings. The van der Waals surface area contributed by atoms with Crippen LogP contribution in [0.5, 0.6) is 0 Å². The second-order valence-corrected chi connectivity index (χ2v) is 5.51. The van der Waals surface area contributed by atoms with Gasteiger partial charge in [-0.1, -0.05) is 17.7 Å². The van der Waals surface area contributed by atoms with Crippen LogP contribution in [-0.2, 0) is 10.0 Å². The summed E-state index contributed by atoms with van der Waals surface area (Å²) in [6.07, 6.45) is 0. The number of likely N-dealkylation sites (N-methyl/N-ethyl adjacent to an activating group) is 1. The van der Waals surface area contributed by atoms with E-state index in [1.54, 1.807) is 26.1 Å². The minimum absolute atomic E-state index is 0. The maximum absolute atomic E-state index is 11.9. The van der Waals surface area contributed by atoms with Gasteiger partial charge in [-0.3, -0.25) is 0 Å². The first kappa shape index (κ1) is 16.4. The van der Waals surface area contributed by atoms with E-state index in [0.29, 0.717) is 18.0 Å². The van der Waals surface area contributed by atoms with Crippen LogP contribution in [0.4, 0.5) is 0 Å². The molecule has 0 heterocycles. The van der Waals surface area contributed by atoms with E-state index in [1.165, 1.54) is 0 Å². The van der Waals surface area contributed by atoms with Crippen molar-refractivity contribution in [3.05, 3.63) is 29.3 Å². The summed E-state index contributed by atoms with van der Waals surface area (Å²) in [5, 5.41) is 2.89. The number of benzene rings is 1. The van der Waals surface area contributed by atoms with Crippen LogP contribution in [0.15, 0.2) is 23.1 Å². The predicted molar refractivity (Wildman–Crippen MR) is 72.3 cm³/mol. The third-order valence-corrected chi connectivity index (χ3v) is 3.91. The first-order chi connectivity index (χ1) is 7.47. The van der Waals surface area contributed by atoms with Gasteiger partial charge in [0, 0.05) is 13.1 Å². The van der Waals surface area contributed by atoms with Crippen molar-refractivity contribution in [1.29, 1.82) is 0 Å². The molecule has 0 saturated carbocycles. The fourth-order valence-corrected chi connectivity index (χ4v) is 2.75. The topological polar surface area (TPSA) is 58.2 Å². The molecule has 4 nitrogen and oxygen atoms in total. The maximum atomic E-state index is 11.9. The third-order valence-electron chi connectivity index (χ3n) is 2.29. The molecule has 6 heteroatoms. The predicted octanol–water partition coefficient (Wildman–Crippen LogP) is 1.22. The Morgan fingerprint density at radius 2 is 1.82 bits per heavy atom. The Kier molecular flexibility index (Phi) is 6.70. The molecule has 1 aromatic carbocycles. The molecule has 0 aromatic heterocycles. The molecule has 2 N–H and O–H groups in total. The number of sulfonamides is 1. The fourth-order valence-electron chi connectivity index (χ4n) is 1.49. The summed E-state index contributed by atoms with van der Waals surface area (Å²) >= 11 is 0. The van der Waals surface area contributed by atoms with Gasteiger partial charge in [0.1, 0.15) is 0 Å². The van der Waals surface area contributed by atoms with Crippen molar-refractivity contribution in [2.75, 3.05) is 20.1 Å². The second kappa shape index (κ2) is 6.96. The van der Waals surface area contributed by atoms with Crippen LogP contribution in [0.25, 0.3) is 0 Å². The highest BCUT2D eigenvalue weighted by molar-refractivity contribution is 7.89. The highest BCUT2D eigenvalue weighted by Gasteiger charge is 2.15. The summed E-state index contributed by atoms with van der Waals surface area (Å²) in [5.41, 5.74) is 1.84. The lowest BCUT2D eigenvalue weighted by atomic mass is 10.2. The Morgan fingerprint density at radius 1 is 1.18 bits per heavy atom. The van der Waals surface area contributed by atoms with Gasteiger partial charge in [0.2, 0.25) is 10.0 Å². The van der Waals surface area contributed by atoms with Crippen LogP contribution >= 0.6 is 12.4 Å². The van der Waals surface area contributed by atoms with Crippen LogP contribution in [0, 0.1) is 13.8 Å². The molecule has 0 atom stereocenters. The standard InChI is InChI=1S/C11H18N2O2S.ClH/c1-9-4-5-11(10(2)8-9)16(14,15)13-7-6-12-3;/h4-5,8,12-13H,6-7H2,1-3H3;1H. The zero-order chi connectivity index (χ0) is 12.2. The van der Waals surface area contributed by atoms with Crippen molar-refractivity contribution < 1.29 is 8.42 Å². The van der Waals surface area contributed by atoms with Crippen molar-refractivity contribution in [3.63, 3.8) is 0 Å². The van der Waals surface area contributed by atoms with E-state index in [0.717, 1.165) is 11.1 Å². The van der Waals surface area contributed by atoms with Crippen LogP contribution in [0.2, 0.25) is 0 Å². The highest BCUT2D eigenvalue weighted by atomic mass is 35.5. The van der Waals surface area contributed by atoms with Gasteiger partial charge in [-0.25, -0.2) is 13.1 Å². The molecule has 0 saturated heterocycles. The van der Waals surface area contributed by atoms with Crippen LogP contribution in [0.1, 0.15) is 11.1 Å². The normalized spacial score (nSPS) is 11.0. The summed E-state index contributed by atoms with van der Waals surface area (Å²) in [6, 6.07) is 5.32. The summed E-state index contributed by atoms with van der Waals surface area (Å²) < 4.78 is 26.3. The highest BCUT2D eigenvalue weighted by Crippen LogP contribution is 2.15. The van der Waals surface area contributed by atoms with Crippen LogP contribution < -0.4 is 10.0 Å². The number of rotatable bonds is 5. The number of hydrogen-bond donors (Lipinski definition) is 2. The van der Waals surface area contributed by atoms with Gasteiger partial charge in [0.05, 0.1) is 4.90 Å². The molecule has 1 aromatic rings. The Morgan fingerprint density at radius 3 is 2.35 bits per heavy atom. The molecular weight excluding hydrogens is 260 g/mol. The van der Waals surface area contributed by atoms with E-state index in [9.17, 15) is 8.42 Å². The molecule has 0 bridgehead atoms. The monoisotopic (exact) mass is 278 g/mol. The van der Waals surface area contributed by atoms with Gasteiger partial charge in [0.25, 0.3) is 0 Å². The molecule has 0 aliphatic heterocycles. The number of halogens is 1. The fraction of sp³-hybridized carbons (Fsp3) is 0.455. The van der Waals surface area contributed by atoms with E-state index >= 15 is 0 Å². The van der Waals surface area contributed by atoms with Crippen molar-refractivity contribution >= 4 is 22.4 Å². The molecule has 0 aliphatic carbocycles. The Labute approximate surface area is 109 Å². The molecule has 0 spiro atoms. The second-order valence-electron chi connectivity index (χ2n) is 3.77. The zero-order valence-electron chi connectivity index (χ0n) is 10.3. The van der Waals surface area contributed by atoms with Gasteiger partial charge in [-0.15, -0.1) is 12.4 Å². The van der Waals surface area contributed by atoms with E-state index in [-0.39, 0.29) is 12.4 Å². The first-order valence-corrected chi connectivity index (χ1v) is 6.67. The number of aryl methyl sites for hydroxylation is 2. The van der Waals surface area contributed by atoms with Gasteiger partial charge in [0.15, 0.2) is 0 Å². The van der Waals surface area contributed by atoms with Gasteiger partial charge in [-0.2, -0.15) is 0 Å². The molecule has 0 radical (unpaired) electrons. The minimum atomic E-state index is -3.37. The average molecular weight is 279 g/mol. The van der Waals surface area contributed by atoms with Crippen LogP contribution in [0.3, 0.4) is 0 Å². The van der Waals surface area contributed by atoms with Gasteiger partial charge in [-0.05, 0) is 32.5 Å². The van der Waals surface area contributed by atoms with Gasteiger partial charge < -0.3 is 5.32 Å². The molecule has 0 unspecified atom stereocenters. The summed E-state index contributed by atoms with van der Waals surface area (Å²) in [4.78, 5) is 0.356. The van der Waals surface area contributed by atoms with Crippen molar-refractivity contribution in [2.24, 2.45) is 0 Å². The Bertz CT molecular complexity index is 461. The zero-order valence-corrected chi connectivity index (χ0v) is 11.9. The third kappa shape index (κ3) is 4.63. The summed E-state index contributed by atoms with van der Waals surface area (Å²) in [5.74, 6) is 0. The molecule has 1 rings (SSSR count). The quantitative estimate of drug-likeness (QED) is 0.797. The summed E-state index contributed by atoms with van der Waals surface area (Å²) in [6.45, 7) is 4.76. The maximum Gasteiger partial charge on any atom is 0.240 e. The number of hydrogen-bond acceptors (Lipinski definition) is 3. The molecule has 0 amide bonds. The van der Waals surface area contributed by atoms with Crippen molar-refractivity contribution in [1.82, 2.24) is 10.0 Å². The van der Waals surface area contributed by atoms with E-state index < -0.39 is 10.0 Å². The largest absolute Gasteiger partial charge is 0.318 e. The lowest BCUT2D eigenvalue weighted by molar-refractivity contribution is 0.579. The lowest BCUT2D eigenvalue weighted by Crippen LogP contribution is -2.30. The molecule has 0 aliphatic rings. The van der Waals surface area contributed by atoms with Gasteiger partial charge >= 0.3 is 0 Å². The lowest BCUT2D eigenvalue weighted by Gasteiger charge is -2.09. The summed E-state index contributed by atoms with van der Waals surface area (Å²) in [7, 11) is -1.59. The Hall–Kier alpha value is -0.620. The molecular formula is C11H19ClN2O2S. The first-order valence-electron chi connectivity index (χ1n) is 5.19. The van der Waals surface area contributed by atoms with E-state index in [4.69, 9.17) is 0 Å². The minimum Gasteiger partial charge on any atom is -0.318 e. The Balaban J connectivity index is 0.00000256. The van der Waals surface area contributed by atoms with Crippen molar-refractivity contribution in [3.8, 4) is 0 Å². The van der Waals surface area contributed by atoms with E-state index in [1.807, 2.05) is 13.0 Å². The van der Waals surface area contributed by atoms with Crippen molar-refractivity contribution in [2.45, 2.75) is 18.7 Å². The molecule has 98 valence electrons. The average Bonchev–Trinajstić information content (AvgIpc) is 2.17. The molecule has 17 heavy (non-hydrogen) atoms. The van der Waals surface area contributed by atoms with Crippen LogP contribution in [-0.4, -0.2) is 28.6 Å². The SMILES string of the molecule is CNCCNS(=O)(=O)c1ccc(C)cc1C.Cl.